The number of aromatic nitrogens is 2. The van der Waals surface area contributed by atoms with Crippen LogP contribution in [0.25, 0.3) is 0 Å². The van der Waals surface area contributed by atoms with Gasteiger partial charge in [0.1, 0.15) is 12.2 Å². The molecule has 2 aromatic rings. The summed E-state index contributed by atoms with van der Waals surface area (Å²) in [5.41, 5.74) is 1.44. The molecule has 0 unspecified atom stereocenters. The Balaban J connectivity index is 1.36. The highest BCUT2D eigenvalue weighted by Gasteiger charge is 2.24. The molecule has 1 aliphatic carbocycles. The summed E-state index contributed by atoms with van der Waals surface area (Å²) in [6, 6.07) is 12.3. The third kappa shape index (κ3) is 5.97. The number of nitrogens with zero attached hydrogens (tertiary/aromatic N) is 3. The highest BCUT2D eigenvalue weighted by Crippen LogP contribution is 2.24. The fourth-order valence-corrected chi connectivity index (χ4v) is 3.88. The van der Waals surface area contributed by atoms with E-state index in [0.717, 1.165) is 31.4 Å². The molecule has 1 N–H and O–H groups in total. The lowest BCUT2D eigenvalue weighted by Crippen LogP contribution is -2.40. The van der Waals surface area contributed by atoms with E-state index in [1.807, 2.05) is 24.3 Å². The Bertz CT molecular complexity index is 786. The number of carbonyl (C=O) groups is 1. The lowest BCUT2D eigenvalue weighted by atomic mass is 9.93. The van der Waals surface area contributed by atoms with E-state index in [4.69, 9.17) is 10.00 Å². The number of carbonyl (C=O) groups excluding carboxylic acids is 1. The van der Waals surface area contributed by atoms with E-state index in [9.17, 15) is 4.79 Å². The van der Waals surface area contributed by atoms with Gasteiger partial charge in [-0.15, -0.1) is 11.8 Å². The second-order valence-corrected chi connectivity index (χ2v) is 7.44. The molecule has 0 bridgehead atoms. The van der Waals surface area contributed by atoms with E-state index < -0.39 is 0 Å². The lowest BCUT2D eigenvalue weighted by Gasteiger charge is -2.29. The third-order valence-corrected chi connectivity index (χ3v) is 5.44. The first-order valence-corrected chi connectivity index (χ1v) is 10.2. The van der Waals surface area contributed by atoms with Crippen LogP contribution in [-0.4, -0.2) is 33.8 Å². The van der Waals surface area contributed by atoms with Gasteiger partial charge in [-0.3, -0.25) is 4.79 Å². The number of nitriles is 1. The standard InChI is InChI=1S/C20H22N4O2S/c21-12-18-20(23-11-10-22-18)26-17-8-6-16(7-9-17)24-19(25)14-27-13-15-4-2-1-3-5-15/h1-5,10-11,16-17H,6-9,13-14H2,(H,24,25). The van der Waals surface area contributed by atoms with Crippen molar-refractivity contribution >= 4 is 17.7 Å². The zero-order valence-electron chi connectivity index (χ0n) is 15.0. The van der Waals surface area contributed by atoms with E-state index in [-0.39, 0.29) is 23.7 Å². The maximum atomic E-state index is 12.1. The summed E-state index contributed by atoms with van der Waals surface area (Å²) in [6.45, 7) is 0. The fourth-order valence-electron chi connectivity index (χ4n) is 3.08. The monoisotopic (exact) mass is 382 g/mol. The minimum atomic E-state index is 0.00871. The van der Waals surface area contributed by atoms with Gasteiger partial charge in [0, 0.05) is 24.2 Å². The Kier molecular flexibility index (Phi) is 7.05. The minimum absolute atomic E-state index is 0.00871. The van der Waals surface area contributed by atoms with Gasteiger partial charge in [-0.2, -0.15) is 5.26 Å². The number of rotatable bonds is 7. The maximum absolute atomic E-state index is 12.1. The van der Waals surface area contributed by atoms with Gasteiger partial charge in [-0.25, -0.2) is 9.97 Å². The molecule has 1 fully saturated rings. The first kappa shape index (κ1) is 19.2. The molecule has 6 nitrogen and oxygen atoms in total. The molecule has 1 aromatic carbocycles. The number of hydrogen-bond donors (Lipinski definition) is 1. The zero-order chi connectivity index (χ0) is 18.9. The highest BCUT2D eigenvalue weighted by molar-refractivity contribution is 7.99. The van der Waals surface area contributed by atoms with E-state index >= 15 is 0 Å². The van der Waals surface area contributed by atoms with Gasteiger partial charge in [0.25, 0.3) is 5.88 Å². The van der Waals surface area contributed by atoms with Crippen LogP contribution >= 0.6 is 11.8 Å². The lowest BCUT2D eigenvalue weighted by molar-refractivity contribution is -0.119. The number of benzene rings is 1. The van der Waals surface area contributed by atoms with Crippen molar-refractivity contribution in [1.29, 1.82) is 5.26 Å². The molecule has 1 aromatic heterocycles. The largest absolute Gasteiger partial charge is 0.472 e. The molecular formula is C20H22N4O2S. The molecule has 3 rings (SSSR count). The summed E-state index contributed by atoms with van der Waals surface area (Å²) in [5, 5.41) is 12.2. The first-order chi connectivity index (χ1) is 13.2. The molecule has 7 heteroatoms. The van der Waals surface area contributed by atoms with E-state index in [2.05, 4.69) is 27.4 Å². The predicted octanol–water partition coefficient (Wildman–Crippen LogP) is 3.09. The van der Waals surface area contributed by atoms with Crippen LogP contribution in [0.15, 0.2) is 42.7 Å². The quantitative estimate of drug-likeness (QED) is 0.792. The fraction of sp³-hybridized carbons (Fsp3) is 0.400. The van der Waals surface area contributed by atoms with Crippen LogP contribution in [0.3, 0.4) is 0 Å². The molecule has 27 heavy (non-hydrogen) atoms. The van der Waals surface area contributed by atoms with Crippen molar-refractivity contribution in [2.24, 2.45) is 0 Å². The van der Waals surface area contributed by atoms with Gasteiger partial charge < -0.3 is 10.1 Å². The maximum Gasteiger partial charge on any atom is 0.251 e. The molecule has 0 atom stereocenters. The zero-order valence-corrected chi connectivity index (χ0v) is 15.8. The molecule has 0 aliphatic heterocycles. The van der Waals surface area contributed by atoms with Crippen molar-refractivity contribution in [3.63, 3.8) is 0 Å². The Hall–Kier alpha value is -2.59. The SMILES string of the molecule is N#Cc1nccnc1OC1CCC(NC(=O)CSCc2ccccc2)CC1. The second kappa shape index (κ2) is 9.93. The molecule has 1 heterocycles. The van der Waals surface area contributed by atoms with Crippen LogP contribution in [0, 0.1) is 11.3 Å². The summed E-state index contributed by atoms with van der Waals surface area (Å²) < 4.78 is 5.83. The van der Waals surface area contributed by atoms with Crippen LogP contribution in [0.5, 0.6) is 5.88 Å². The first-order valence-electron chi connectivity index (χ1n) is 9.03. The van der Waals surface area contributed by atoms with Crippen LogP contribution in [-0.2, 0) is 10.5 Å². The van der Waals surface area contributed by atoms with Crippen molar-refractivity contribution in [2.75, 3.05) is 5.75 Å². The number of amides is 1. The van der Waals surface area contributed by atoms with Gasteiger partial charge in [0.15, 0.2) is 0 Å². The smallest absolute Gasteiger partial charge is 0.251 e. The van der Waals surface area contributed by atoms with Crippen LogP contribution < -0.4 is 10.1 Å². The Morgan fingerprint density at radius 1 is 1.19 bits per heavy atom. The number of nitrogens with one attached hydrogen (secondary N) is 1. The van der Waals surface area contributed by atoms with Crippen molar-refractivity contribution in [3.8, 4) is 11.9 Å². The van der Waals surface area contributed by atoms with Crippen molar-refractivity contribution in [3.05, 3.63) is 54.0 Å². The summed E-state index contributed by atoms with van der Waals surface area (Å²) in [5.74, 6) is 1.69. The van der Waals surface area contributed by atoms with Crippen LogP contribution in [0.1, 0.15) is 36.9 Å². The molecule has 0 spiro atoms. The molecular weight excluding hydrogens is 360 g/mol. The molecule has 0 saturated heterocycles. The topological polar surface area (TPSA) is 87.9 Å². The molecule has 1 amide bonds. The van der Waals surface area contributed by atoms with Crippen LogP contribution in [0.4, 0.5) is 0 Å². The second-order valence-electron chi connectivity index (χ2n) is 6.46. The summed E-state index contributed by atoms with van der Waals surface area (Å²) in [4.78, 5) is 20.2. The summed E-state index contributed by atoms with van der Waals surface area (Å²) >= 11 is 1.63. The van der Waals surface area contributed by atoms with E-state index in [0.29, 0.717) is 11.6 Å². The Morgan fingerprint density at radius 3 is 2.67 bits per heavy atom. The molecule has 140 valence electrons. The predicted molar refractivity (Wildman–Crippen MR) is 104 cm³/mol. The minimum Gasteiger partial charge on any atom is -0.472 e. The molecule has 0 radical (unpaired) electrons. The Labute approximate surface area is 163 Å². The third-order valence-electron chi connectivity index (χ3n) is 4.43. The van der Waals surface area contributed by atoms with Gasteiger partial charge >= 0.3 is 0 Å². The number of thioether (sulfide) groups is 1. The highest BCUT2D eigenvalue weighted by atomic mass is 32.2. The molecule has 1 saturated carbocycles. The van der Waals surface area contributed by atoms with Crippen LogP contribution in [0.2, 0.25) is 0 Å². The average molecular weight is 382 g/mol. The molecule has 1 aliphatic rings. The van der Waals surface area contributed by atoms with E-state index in [1.54, 1.807) is 11.8 Å². The summed E-state index contributed by atoms with van der Waals surface area (Å²) in [7, 11) is 0. The van der Waals surface area contributed by atoms with Crippen molar-refractivity contribution in [1.82, 2.24) is 15.3 Å². The van der Waals surface area contributed by atoms with Crippen molar-refractivity contribution in [2.45, 2.75) is 43.6 Å². The van der Waals surface area contributed by atoms with Gasteiger partial charge in [-0.05, 0) is 31.2 Å². The number of hydrogen-bond acceptors (Lipinski definition) is 6. The van der Waals surface area contributed by atoms with Gasteiger partial charge in [0.05, 0.1) is 5.75 Å². The van der Waals surface area contributed by atoms with Gasteiger partial charge in [-0.1, -0.05) is 30.3 Å². The normalized spacial score (nSPS) is 19.1. The van der Waals surface area contributed by atoms with Gasteiger partial charge in [0.2, 0.25) is 11.6 Å². The summed E-state index contributed by atoms with van der Waals surface area (Å²) in [6.07, 6.45) is 6.38. The number of ether oxygens (including phenoxy) is 1. The average Bonchev–Trinajstić information content (AvgIpc) is 2.71. The van der Waals surface area contributed by atoms with E-state index in [1.165, 1.54) is 18.0 Å². The Morgan fingerprint density at radius 2 is 1.93 bits per heavy atom. The van der Waals surface area contributed by atoms with Crippen molar-refractivity contribution < 1.29 is 9.53 Å².